The third-order valence-corrected chi connectivity index (χ3v) is 5.23. The Balaban J connectivity index is 1.40. The molecule has 1 aliphatic rings. The van der Waals surface area contributed by atoms with Crippen LogP contribution < -0.4 is 10.1 Å². The lowest BCUT2D eigenvalue weighted by Crippen LogP contribution is -2.22. The van der Waals surface area contributed by atoms with E-state index in [1.54, 1.807) is 6.20 Å². The van der Waals surface area contributed by atoms with Gasteiger partial charge in [-0.2, -0.15) is 18.4 Å². The number of nitriles is 1. The lowest BCUT2D eigenvalue weighted by atomic mass is 10.1. The van der Waals surface area contributed by atoms with Gasteiger partial charge in [0.15, 0.2) is 0 Å². The Kier molecular flexibility index (Phi) is 4.90. The smallest absolute Gasteiger partial charge is 0.416 e. The molecule has 3 aromatic rings. The van der Waals surface area contributed by atoms with Gasteiger partial charge in [-0.25, -0.2) is 0 Å². The molecule has 154 valence electrons. The Hall–Kier alpha value is -3.47. The van der Waals surface area contributed by atoms with Crippen molar-refractivity contribution in [3.63, 3.8) is 0 Å². The molecule has 2 N–H and O–H groups in total. The van der Waals surface area contributed by atoms with E-state index in [0.29, 0.717) is 37.3 Å². The van der Waals surface area contributed by atoms with Crippen LogP contribution in [0.5, 0.6) is 5.75 Å². The number of H-pyrrole nitrogens is 1. The van der Waals surface area contributed by atoms with E-state index in [-0.39, 0.29) is 5.91 Å². The van der Waals surface area contributed by atoms with Crippen molar-refractivity contribution >= 4 is 22.5 Å². The largest absolute Gasteiger partial charge is 0.493 e. The van der Waals surface area contributed by atoms with Crippen molar-refractivity contribution in [1.82, 2.24) is 4.98 Å². The topological polar surface area (TPSA) is 77.9 Å². The number of anilines is 1. The van der Waals surface area contributed by atoms with E-state index >= 15 is 0 Å². The van der Waals surface area contributed by atoms with Crippen LogP contribution >= 0.6 is 0 Å². The van der Waals surface area contributed by atoms with Gasteiger partial charge in [0.1, 0.15) is 11.2 Å². The highest BCUT2D eigenvalue weighted by Gasteiger charge is 2.50. The van der Waals surface area contributed by atoms with Gasteiger partial charge in [0.05, 0.1) is 23.9 Å². The Morgan fingerprint density at radius 2 is 1.93 bits per heavy atom. The number of fused-ring (bicyclic) bond motifs is 1. The number of nitrogens with zero attached hydrogens (tertiary/aromatic N) is 1. The van der Waals surface area contributed by atoms with Gasteiger partial charge < -0.3 is 15.0 Å². The highest BCUT2D eigenvalue weighted by molar-refractivity contribution is 6.05. The minimum absolute atomic E-state index is 0.290. The molecule has 2 aromatic carbocycles. The normalized spacial score (nSPS) is 14.9. The molecule has 8 heteroatoms. The molecular weight excluding hydrogens is 395 g/mol. The van der Waals surface area contributed by atoms with Crippen molar-refractivity contribution in [2.75, 3.05) is 11.9 Å². The molecule has 1 heterocycles. The monoisotopic (exact) mass is 413 g/mol. The minimum atomic E-state index is -4.37. The van der Waals surface area contributed by atoms with Crippen LogP contribution in [0.4, 0.5) is 18.9 Å². The Labute approximate surface area is 170 Å². The summed E-state index contributed by atoms with van der Waals surface area (Å²) in [4.78, 5) is 15.4. The maximum Gasteiger partial charge on any atom is 0.416 e. The molecule has 1 amide bonds. The Morgan fingerprint density at radius 1 is 1.20 bits per heavy atom. The maximum absolute atomic E-state index is 12.6. The number of hydrogen-bond acceptors (Lipinski definition) is 3. The van der Waals surface area contributed by atoms with Crippen molar-refractivity contribution in [2.24, 2.45) is 5.41 Å². The minimum Gasteiger partial charge on any atom is -0.493 e. The fourth-order valence-corrected chi connectivity index (χ4v) is 3.21. The van der Waals surface area contributed by atoms with Gasteiger partial charge in [-0.15, -0.1) is 0 Å². The summed E-state index contributed by atoms with van der Waals surface area (Å²) < 4.78 is 43.4. The molecule has 0 spiro atoms. The zero-order valence-electron chi connectivity index (χ0n) is 15.8. The zero-order chi connectivity index (χ0) is 21.4. The second kappa shape index (κ2) is 7.41. The molecule has 5 nitrogen and oxygen atoms in total. The van der Waals surface area contributed by atoms with Gasteiger partial charge in [0, 0.05) is 23.5 Å². The number of ether oxygens (including phenoxy) is 1. The number of carbonyl (C=O) groups excluding carboxylic acids is 1. The zero-order valence-corrected chi connectivity index (χ0v) is 15.8. The van der Waals surface area contributed by atoms with E-state index in [4.69, 9.17) is 4.74 Å². The molecule has 30 heavy (non-hydrogen) atoms. The summed E-state index contributed by atoms with van der Waals surface area (Å²) in [6.07, 6.45) is -0.991. The van der Waals surface area contributed by atoms with E-state index in [9.17, 15) is 23.2 Å². The first kappa shape index (κ1) is 19.8. The molecule has 1 aromatic heterocycles. The number of amides is 1. The lowest BCUT2D eigenvalue weighted by Gasteiger charge is -2.10. The number of hydrogen-bond donors (Lipinski definition) is 2. The first-order chi connectivity index (χ1) is 14.3. The van der Waals surface area contributed by atoms with Crippen LogP contribution in [0.1, 0.15) is 24.0 Å². The van der Waals surface area contributed by atoms with Crippen LogP contribution in [0.25, 0.3) is 10.9 Å². The quantitative estimate of drug-likeness (QED) is 0.594. The molecule has 4 rings (SSSR count). The second-order valence-corrected chi connectivity index (χ2v) is 7.35. The highest BCUT2D eigenvalue weighted by atomic mass is 19.4. The molecule has 1 aliphatic carbocycles. The predicted octanol–water partition coefficient (Wildman–Crippen LogP) is 5.05. The highest BCUT2D eigenvalue weighted by Crippen LogP contribution is 2.46. The first-order valence-corrected chi connectivity index (χ1v) is 9.43. The third-order valence-electron chi connectivity index (χ3n) is 5.23. The second-order valence-electron chi connectivity index (χ2n) is 7.35. The van der Waals surface area contributed by atoms with Crippen LogP contribution in [0.2, 0.25) is 0 Å². The van der Waals surface area contributed by atoms with Crippen LogP contribution in [0.3, 0.4) is 0 Å². The third kappa shape index (κ3) is 3.96. The fourth-order valence-electron chi connectivity index (χ4n) is 3.21. The van der Waals surface area contributed by atoms with Gasteiger partial charge in [0.2, 0.25) is 5.91 Å². The number of alkyl halides is 3. The van der Waals surface area contributed by atoms with E-state index < -0.39 is 17.2 Å². The summed E-state index contributed by atoms with van der Waals surface area (Å²) in [5.41, 5.74) is 0.788. The van der Waals surface area contributed by atoms with Gasteiger partial charge in [-0.3, -0.25) is 4.79 Å². The molecule has 1 saturated carbocycles. The number of aromatic amines is 1. The van der Waals surface area contributed by atoms with Crippen LogP contribution in [0.15, 0.2) is 48.7 Å². The van der Waals surface area contributed by atoms with E-state index in [0.717, 1.165) is 28.6 Å². The van der Waals surface area contributed by atoms with E-state index in [2.05, 4.69) is 16.4 Å². The molecule has 0 aliphatic heterocycles. The molecule has 0 saturated heterocycles. The number of aromatic nitrogens is 1. The Bertz CT molecular complexity index is 1120. The summed E-state index contributed by atoms with van der Waals surface area (Å²) >= 11 is 0. The van der Waals surface area contributed by atoms with Gasteiger partial charge in [-0.05, 0) is 54.8 Å². The maximum atomic E-state index is 12.6. The molecule has 0 atom stereocenters. The molecular formula is C22H18F3N3O2. The molecule has 1 fully saturated rings. The van der Waals surface area contributed by atoms with Gasteiger partial charge in [-0.1, -0.05) is 6.07 Å². The van der Waals surface area contributed by atoms with Crippen LogP contribution in [-0.4, -0.2) is 17.5 Å². The van der Waals surface area contributed by atoms with E-state index in [1.165, 1.54) is 12.1 Å². The van der Waals surface area contributed by atoms with Crippen molar-refractivity contribution in [1.29, 1.82) is 5.26 Å². The van der Waals surface area contributed by atoms with Crippen molar-refractivity contribution in [3.8, 4) is 11.8 Å². The summed E-state index contributed by atoms with van der Waals surface area (Å²) in [6.45, 7) is 0.292. The summed E-state index contributed by atoms with van der Waals surface area (Å²) in [6, 6.07) is 12.4. The summed E-state index contributed by atoms with van der Waals surface area (Å²) in [5, 5.41) is 12.8. The SMILES string of the molecule is N#CC1(C(=O)Nc2c[nH]c3ccc(CCOc4ccc(C(F)(F)F)cc4)cc23)CC1. The van der Waals surface area contributed by atoms with Gasteiger partial charge in [0.25, 0.3) is 0 Å². The average molecular weight is 413 g/mol. The number of benzene rings is 2. The summed E-state index contributed by atoms with van der Waals surface area (Å²) in [7, 11) is 0. The average Bonchev–Trinajstić information content (AvgIpc) is 3.44. The molecule has 0 bridgehead atoms. The predicted molar refractivity (Wildman–Crippen MR) is 105 cm³/mol. The standard InChI is InChI=1S/C22H18F3N3O2/c23-22(24,25)15-2-4-16(5-3-15)30-10-7-14-1-6-18-17(11-14)19(12-27-18)28-20(29)21(13-26)8-9-21/h1-6,11-12,27H,7-10H2,(H,28,29). The van der Waals surface area contributed by atoms with Crippen molar-refractivity contribution in [3.05, 3.63) is 59.8 Å². The summed E-state index contributed by atoms with van der Waals surface area (Å²) in [5.74, 6) is 0.0758. The van der Waals surface area contributed by atoms with Crippen molar-refractivity contribution < 1.29 is 22.7 Å². The van der Waals surface area contributed by atoms with E-state index in [1.807, 2.05) is 18.2 Å². The lowest BCUT2D eigenvalue weighted by molar-refractivity contribution is -0.137. The molecule has 0 unspecified atom stereocenters. The fraction of sp³-hybridized carbons (Fsp3) is 0.273. The van der Waals surface area contributed by atoms with Gasteiger partial charge >= 0.3 is 6.18 Å². The van der Waals surface area contributed by atoms with Crippen LogP contribution in [0, 0.1) is 16.7 Å². The van der Waals surface area contributed by atoms with Crippen molar-refractivity contribution in [2.45, 2.75) is 25.4 Å². The number of halogens is 3. The number of carbonyl (C=O) groups is 1. The Morgan fingerprint density at radius 3 is 2.57 bits per heavy atom. The first-order valence-electron chi connectivity index (χ1n) is 9.43. The molecule has 0 radical (unpaired) electrons. The number of rotatable bonds is 6. The van der Waals surface area contributed by atoms with Crippen LogP contribution in [-0.2, 0) is 17.4 Å². The number of nitrogens with one attached hydrogen (secondary N) is 2.